The second kappa shape index (κ2) is 5.79. The lowest BCUT2D eigenvalue weighted by Crippen LogP contribution is -2.18. The third-order valence-electron chi connectivity index (χ3n) is 2.57. The van der Waals surface area contributed by atoms with Crippen molar-refractivity contribution in [1.29, 1.82) is 0 Å². The molecular formula is C13H12BrN3O2. The number of rotatable bonds is 4. The van der Waals surface area contributed by atoms with Crippen LogP contribution in [-0.4, -0.2) is 28.3 Å². The Morgan fingerprint density at radius 2 is 2.11 bits per heavy atom. The smallest absolute Gasteiger partial charge is 0.356 e. The molecule has 0 aliphatic rings. The fraction of sp³-hybridized carbons (Fsp3) is 0.154. The van der Waals surface area contributed by atoms with Gasteiger partial charge in [0.2, 0.25) is 0 Å². The van der Waals surface area contributed by atoms with E-state index in [9.17, 15) is 4.79 Å². The highest BCUT2D eigenvalue weighted by atomic mass is 79.9. The van der Waals surface area contributed by atoms with Gasteiger partial charge in [-0.15, -0.1) is 10.2 Å². The minimum absolute atomic E-state index is 0.0559. The Hall–Kier alpha value is -1.95. The molecule has 1 aromatic heterocycles. The average Bonchev–Trinajstić information content (AvgIpc) is 2.39. The van der Waals surface area contributed by atoms with Crippen molar-refractivity contribution in [2.75, 3.05) is 11.9 Å². The average molecular weight is 322 g/mol. The predicted octanol–water partition coefficient (Wildman–Crippen LogP) is 2.57. The highest BCUT2D eigenvalue weighted by Crippen LogP contribution is 2.15. The van der Waals surface area contributed by atoms with E-state index in [0.29, 0.717) is 12.4 Å². The number of benzene rings is 1. The van der Waals surface area contributed by atoms with E-state index in [4.69, 9.17) is 5.11 Å². The molecule has 0 unspecified atom stereocenters. The van der Waals surface area contributed by atoms with Gasteiger partial charge in [0.25, 0.3) is 0 Å². The predicted molar refractivity (Wildman–Crippen MR) is 75.2 cm³/mol. The maximum absolute atomic E-state index is 10.7. The van der Waals surface area contributed by atoms with E-state index in [-0.39, 0.29) is 5.69 Å². The van der Waals surface area contributed by atoms with E-state index in [2.05, 4.69) is 26.1 Å². The number of hydrogen-bond donors (Lipinski definition) is 1. The van der Waals surface area contributed by atoms with E-state index < -0.39 is 5.97 Å². The molecule has 0 saturated carbocycles. The summed E-state index contributed by atoms with van der Waals surface area (Å²) in [5, 5.41) is 16.3. The van der Waals surface area contributed by atoms with Gasteiger partial charge in [-0.05, 0) is 29.8 Å². The molecule has 1 heterocycles. The van der Waals surface area contributed by atoms with E-state index in [1.807, 2.05) is 36.2 Å². The molecule has 0 aliphatic heterocycles. The normalized spacial score (nSPS) is 10.2. The lowest BCUT2D eigenvalue weighted by Gasteiger charge is -2.17. The van der Waals surface area contributed by atoms with E-state index >= 15 is 0 Å². The van der Waals surface area contributed by atoms with Crippen molar-refractivity contribution in [3.05, 3.63) is 52.1 Å². The number of carboxylic acid groups (broad SMARTS) is 1. The van der Waals surface area contributed by atoms with Crippen molar-refractivity contribution < 1.29 is 9.90 Å². The highest BCUT2D eigenvalue weighted by Gasteiger charge is 2.08. The van der Waals surface area contributed by atoms with Crippen LogP contribution in [0.3, 0.4) is 0 Å². The maximum atomic E-state index is 10.7. The molecule has 19 heavy (non-hydrogen) atoms. The number of hydrogen-bond acceptors (Lipinski definition) is 4. The first-order valence-corrected chi connectivity index (χ1v) is 6.38. The van der Waals surface area contributed by atoms with Crippen LogP contribution in [0.25, 0.3) is 0 Å². The number of carbonyl (C=O) groups is 1. The van der Waals surface area contributed by atoms with Gasteiger partial charge < -0.3 is 10.0 Å². The molecule has 0 saturated heterocycles. The Morgan fingerprint density at radius 1 is 1.32 bits per heavy atom. The lowest BCUT2D eigenvalue weighted by atomic mass is 10.2. The van der Waals surface area contributed by atoms with Gasteiger partial charge in [-0.2, -0.15) is 0 Å². The molecule has 5 nitrogen and oxygen atoms in total. The van der Waals surface area contributed by atoms with Gasteiger partial charge >= 0.3 is 5.97 Å². The summed E-state index contributed by atoms with van der Waals surface area (Å²) in [5.41, 5.74) is 1.07. The van der Waals surface area contributed by atoms with E-state index in [0.717, 1.165) is 10.0 Å². The van der Waals surface area contributed by atoms with Crippen molar-refractivity contribution in [2.24, 2.45) is 0 Å². The third-order valence-corrected chi connectivity index (χ3v) is 3.06. The molecule has 2 aromatic rings. The van der Waals surface area contributed by atoms with E-state index in [1.165, 1.54) is 6.07 Å². The first-order chi connectivity index (χ1) is 9.06. The molecule has 0 atom stereocenters. The Labute approximate surface area is 119 Å². The molecule has 2 rings (SSSR count). The minimum Gasteiger partial charge on any atom is -0.476 e. The lowest BCUT2D eigenvalue weighted by molar-refractivity contribution is 0.0689. The number of aromatic carboxylic acids is 1. The van der Waals surface area contributed by atoms with Crippen molar-refractivity contribution in [3.63, 3.8) is 0 Å². The summed E-state index contributed by atoms with van der Waals surface area (Å²) in [6.45, 7) is 0.667. The van der Waals surface area contributed by atoms with Gasteiger partial charge in [0.05, 0.1) is 0 Å². The molecule has 1 N–H and O–H groups in total. The fourth-order valence-electron chi connectivity index (χ4n) is 1.63. The van der Waals surface area contributed by atoms with Crippen LogP contribution in [0.5, 0.6) is 0 Å². The Morgan fingerprint density at radius 3 is 2.68 bits per heavy atom. The SMILES string of the molecule is CN(Cc1cccc(Br)c1)c1ccc(C(=O)O)nn1. The molecule has 0 aliphatic carbocycles. The first-order valence-electron chi connectivity index (χ1n) is 5.59. The number of aromatic nitrogens is 2. The molecule has 0 fully saturated rings. The molecule has 0 spiro atoms. The van der Waals surface area contributed by atoms with Crippen LogP contribution in [0.2, 0.25) is 0 Å². The van der Waals surface area contributed by atoms with Crippen molar-refractivity contribution in [2.45, 2.75) is 6.54 Å². The molecule has 0 bridgehead atoms. The zero-order valence-corrected chi connectivity index (χ0v) is 11.8. The summed E-state index contributed by atoms with van der Waals surface area (Å²) in [6.07, 6.45) is 0. The first kappa shape index (κ1) is 13.5. The monoisotopic (exact) mass is 321 g/mol. The van der Waals surface area contributed by atoms with Crippen molar-refractivity contribution >= 4 is 27.7 Å². The van der Waals surface area contributed by atoms with Crippen LogP contribution in [0.15, 0.2) is 40.9 Å². The second-order valence-corrected chi connectivity index (χ2v) is 4.98. The van der Waals surface area contributed by atoms with Gasteiger partial charge in [0.15, 0.2) is 11.5 Å². The van der Waals surface area contributed by atoms with Crippen LogP contribution in [0.1, 0.15) is 16.1 Å². The minimum atomic E-state index is -1.08. The van der Waals surface area contributed by atoms with Gasteiger partial charge in [-0.1, -0.05) is 28.1 Å². The van der Waals surface area contributed by atoms with Gasteiger partial charge in [0, 0.05) is 18.1 Å². The quantitative estimate of drug-likeness (QED) is 0.937. The molecule has 0 radical (unpaired) electrons. The topological polar surface area (TPSA) is 66.3 Å². The number of anilines is 1. The summed E-state index contributed by atoms with van der Waals surface area (Å²) < 4.78 is 1.02. The number of nitrogens with zero attached hydrogens (tertiary/aromatic N) is 3. The Kier molecular flexibility index (Phi) is 4.11. The highest BCUT2D eigenvalue weighted by molar-refractivity contribution is 9.10. The molecule has 6 heteroatoms. The molecule has 0 amide bonds. The summed E-state index contributed by atoms with van der Waals surface area (Å²) >= 11 is 3.42. The number of halogens is 1. The Bertz CT molecular complexity index is 587. The molecule has 1 aromatic carbocycles. The summed E-state index contributed by atoms with van der Waals surface area (Å²) in [5.74, 6) is -0.446. The van der Waals surface area contributed by atoms with Gasteiger partial charge in [0.1, 0.15) is 0 Å². The Balaban J connectivity index is 2.11. The standard InChI is InChI=1S/C13H12BrN3O2/c1-17(8-9-3-2-4-10(14)7-9)12-6-5-11(13(18)19)15-16-12/h2-7H,8H2,1H3,(H,18,19). The van der Waals surface area contributed by atoms with Crippen LogP contribution in [0.4, 0.5) is 5.82 Å². The van der Waals surface area contributed by atoms with Crippen LogP contribution >= 0.6 is 15.9 Å². The summed E-state index contributed by atoms with van der Waals surface area (Å²) in [7, 11) is 1.88. The fourth-order valence-corrected chi connectivity index (χ4v) is 2.08. The molecule has 98 valence electrons. The summed E-state index contributed by atoms with van der Waals surface area (Å²) in [6, 6.07) is 11.1. The van der Waals surface area contributed by atoms with Gasteiger partial charge in [-0.25, -0.2) is 4.79 Å². The largest absolute Gasteiger partial charge is 0.476 e. The van der Waals surface area contributed by atoms with Crippen LogP contribution < -0.4 is 4.90 Å². The van der Waals surface area contributed by atoms with E-state index in [1.54, 1.807) is 6.07 Å². The second-order valence-electron chi connectivity index (χ2n) is 4.07. The van der Waals surface area contributed by atoms with Crippen LogP contribution in [-0.2, 0) is 6.54 Å². The maximum Gasteiger partial charge on any atom is 0.356 e. The van der Waals surface area contributed by atoms with Crippen LogP contribution in [0, 0.1) is 0 Å². The summed E-state index contributed by atoms with van der Waals surface area (Å²) in [4.78, 5) is 12.6. The van der Waals surface area contributed by atoms with Gasteiger partial charge in [-0.3, -0.25) is 0 Å². The van der Waals surface area contributed by atoms with Crippen molar-refractivity contribution in [3.8, 4) is 0 Å². The number of carboxylic acids is 1. The zero-order chi connectivity index (χ0) is 13.8. The third kappa shape index (κ3) is 3.51. The molecular weight excluding hydrogens is 310 g/mol. The zero-order valence-electron chi connectivity index (χ0n) is 10.2. The van der Waals surface area contributed by atoms with Crippen molar-refractivity contribution in [1.82, 2.24) is 10.2 Å².